The van der Waals surface area contributed by atoms with Crippen LogP contribution in [0.15, 0.2) is 0 Å². The summed E-state index contributed by atoms with van der Waals surface area (Å²) in [6, 6.07) is 0. The molecule has 0 saturated heterocycles. The highest BCUT2D eigenvalue weighted by Gasteiger charge is 2.57. The molecular formula is C8H10F3NO2. The van der Waals surface area contributed by atoms with Crippen molar-refractivity contribution >= 4 is 5.97 Å². The lowest BCUT2D eigenvalue weighted by Gasteiger charge is -2.29. The van der Waals surface area contributed by atoms with Crippen LogP contribution in [0, 0.1) is 12.3 Å². The summed E-state index contributed by atoms with van der Waals surface area (Å²) in [5, 5.41) is 1.90. The third-order valence-corrected chi connectivity index (χ3v) is 1.70. The zero-order valence-corrected chi connectivity index (χ0v) is 7.73. The van der Waals surface area contributed by atoms with Gasteiger partial charge in [-0.3, -0.25) is 5.32 Å². The number of carbonyl (C=O) groups is 1. The summed E-state index contributed by atoms with van der Waals surface area (Å²) in [7, 11) is 0.879. The molecule has 0 aromatic rings. The number of alkyl halides is 3. The fraction of sp³-hybridized carbons (Fsp3) is 0.625. The average molecular weight is 209 g/mol. The largest absolute Gasteiger partial charge is 0.467 e. The van der Waals surface area contributed by atoms with Gasteiger partial charge in [0.15, 0.2) is 0 Å². The summed E-state index contributed by atoms with van der Waals surface area (Å²) < 4.78 is 41.3. The second kappa shape index (κ2) is 4.33. The molecule has 6 heteroatoms. The van der Waals surface area contributed by atoms with Crippen molar-refractivity contribution in [2.45, 2.75) is 18.6 Å². The number of carbonyl (C=O) groups excluding carboxylic acids is 1. The number of rotatable bonds is 3. The molecule has 0 radical (unpaired) electrons. The van der Waals surface area contributed by atoms with E-state index < -0.39 is 17.7 Å². The minimum absolute atomic E-state index is 0.370. The van der Waals surface area contributed by atoms with Gasteiger partial charge in [0, 0.05) is 0 Å². The summed E-state index contributed by atoms with van der Waals surface area (Å²) >= 11 is 0. The highest BCUT2D eigenvalue weighted by molar-refractivity contribution is 5.81. The summed E-state index contributed by atoms with van der Waals surface area (Å²) in [5.74, 6) is 0.539. The topological polar surface area (TPSA) is 38.3 Å². The highest BCUT2D eigenvalue weighted by atomic mass is 19.4. The first kappa shape index (κ1) is 12.8. The van der Waals surface area contributed by atoms with E-state index in [1.807, 2.05) is 11.2 Å². The Morgan fingerprint density at radius 2 is 2.07 bits per heavy atom. The number of methoxy groups -OCH3 is 1. The van der Waals surface area contributed by atoms with E-state index in [4.69, 9.17) is 6.42 Å². The number of nitrogens with one attached hydrogen (secondary N) is 1. The monoisotopic (exact) mass is 209 g/mol. The molecule has 1 N–H and O–H groups in total. The van der Waals surface area contributed by atoms with Gasteiger partial charge in [-0.1, -0.05) is 5.92 Å². The minimum Gasteiger partial charge on any atom is -0.467 e. The molecule has 1 atom stereocenters. The maximum atomic E-state index is 12.4. The maximum Gasteiger partial charge on any atom is 0.417 e. The molecule has 0 amide bonds. The number of halogens is 3. The Hall–Kier alpha value is -1.22. The van der Waals surface area contributed by atoms with Crippen molar-refractivity contribution in [1.82, 2.24) is 5.32 Å². The minimum atomic E-state index is -4.75. The van der Waals surface area contributed by atoms with Crippen LogP contribution in [0.25, 0.3) is 0 Å². The van der Waals surface area contributed by atoms with E-state index in [1.54, 1.807) is 0 Å². The molecular weight excluding hydrogens is 199 g/mol. The van der Waals surface area contributed by atoms with E-state index >= 15 is 0 Å². The lowest BCUT2D eigenvalue weighted by molar-refractivity contribution is -0.207. The Labute approximate surface area is 79.6 Å². The van der Waals surface area contributed by atoms with Gasteiger partial charge in [0.05, 0.1) is 13.7 Å². The van der Waals surface area contributed by atoms with Gasteiger partial charge in [-0.25, -0.2) is 4.79 Å². The molecule has 80 valence electrons. The summed E-state index contributed by atoms with van der Waals surface area (Å²) in [6.45, 7) is 0.307. The van der Waals surface area contributed by atoms with Gasteiger partial charge in [-0.05, 0) is 6.92 Å². The Balaban J connectivity index is 4.87. The van der Waals surface area contributed by atoms with Gasteiger partial charge in [0.1, 0.15) is 0 Å². The SMILES string of the molecule is C#CCNC(C)(C(=O)OC)C(F)(F)F. The molecule has 0 heterocycles. The molecule has 0 aromatic carbocycles. The van der Waals surface area contributed by atoms with Gasteiger partial charge < -0.3 is 4.74 Å². The van der Waals surface area contributed by atoms with Gasteiger partial charge in [0.2, 0.25) is 5.54 Å². The normalized spacial score (nSPS) is 15.4. The summed E-state index contributed by atoms with van der Waals surface area (Å²) in [4.78, 5) is 10.9. The van der Waals surface area contributed by atoms with Crippen molar-refractivity contribution in [3.63, 3.8) is 0 Å². The molecule has 0 rings (SSSR count). The van der Waals surface area contributed by atoms with Crippen molar-refractivity contribution in [1.29, 1.82) is 0 Å². The Morgan fingerprint density at radius 3 is 2.36 bits per heavy atom. The van der Waals surface area contributed by atoms with Crippen LogP contribution in [0.2, 0.25) is 0 Å². The first-order valence-electron chi connectivity index (χ1n) is 3.63. The molecule has 0 aliphatic heterocycles. The van der Waals surface area contributed by atoms with Gasteiger partial charge in [-0.15, -0.1) is 6.42 Å². The Bertz CT molecular complexity index is 256. The first-order chi connectivity index (χ1) is 6.29. The smallest absolute Gasteiger partial charge is 0.417 e. The van der Waals surface area contributed by atoms with Gasteiger partial charge in [-0.2, -0.15) is 13.2 Å². The van der Waals surface area contributed by atoms with E-state index in [2.05, 4.69) is 4.74 Å². The van der Waals surface area contributed by atoms with E-state index in [0.717, 1.165) is 7.11 Å². The maximum absolute atomic E-state index is 12.4. The predicted octanol–water partition coefficient (Wildman–Crippen LogP) is 0.703. The van der Waals surface area contributed by atoms with Crippen molar-refractivity contribution in [2.24, 2.45) is 0 Å². The zero-order chi connectivity index (χ0) is 11.4. The molecule has 0 saturated carbocycles. The fourth-order valence-corrected chi connectivity index (χ4v) is 0.720. The lowest BCUT2D eigenvalue weighted by Crippen LogP contribution is -2.60. The van der Waals surface area contributed by atoms with E-state index in [0.29, 0.717) is 6.92 Å². The summed E-state index contributed by atoms with van der Waals surface area (Å²) in [5.41, 5.74) is -2.76. The Kier molecular flexibility index (Phi) is 3.95. The number of ether oxygens (including phenoxy) is 1. The van der Waals surface area contributed by atoms with E-state index in [9.17, 15) is 18.0 Å². The number of terminal acetylenes is 1. The fourth-order valence-electron chi connectivity index (χ4n) is 0.720. The first-order valence-corrected chi connectivity index (χ1v) is 3.63. The van der Waals surface area contributed by atoms with Crippen LogP contribution in [-0.2, 0) is 9.53 Å². The van der Waals surface area contributed by atoms with Crippen molar-refractivity contribution in [3.8, 4) is 12.3 Å². The zero-order valence-electron chi connectivity index (χ0n) is 7.73. The number of hydrogen-bond acceptors (Lipinski definition) is 3. The van der Waals surface area contributed by atoms with Crippen LogP contribution in [0.4, 0.5) is 13.2 Å². The second-order valence-electron chi connectivity index (χ2n) is 2.67. The summed E-state index contributed by atoms with van der Waals surface area (Å²) in [6.07, 6.45) is 0.0356. The van der Waals surface area contributed by atoms with Crippen molar-refractivity contribution < 1.29 is 22.7 Å². The molecule has 1 unspecified atom stereocenters. The van der Waals surface area contributed by atoms with Gasteiger partial charge >= 0.3 is 12.1 Å². The molecule has 14 heavy (non-hydrogen) atoms. The average Bonchev–Trinajstić information content (AvgIpc) is 2.10. The van der Waals surface area contributed by atoms with E-state index in [-0.39, 0.29) is 6.54 Å². The molecule has 3 nitrogen and oxygen atoms in total. The predicted molar refractivity (Wildman–Crippen MR) is 43.3 cm³/mol. The molecule has 0 spiro atoms. The number of hydrogen-bond donors (Lipinski definition) is 1. The molecule has 0 aromatic heterocycles. The third-order valence-electron chi connectivity index (χ3n) is 1.70. The lowest BCUT2D eigenvalue weighted by atomic mass is 10.0. The number of esters is 1. The van der Waals surface area contributed by atoms with Crippen molar-refractivity contribution in [2.75, 3.05) is 13.7 Å². The molecule has 0 aliphatic carbocycles. The van der Waals surface area contributed by atoms with E-state index in [1.165, 1.54) is 0 Å². The second-order valence-corrected chi connectivity index (χ2v) is 2.67. The quantitative estimate of drug-likeness (QED) is 0.549. The van der Waals surface area contributed by atoms with Crippen LogP contribution in [0.5, 0.6) is 0 Å². The van der Waals surface area contributed by atoms with Crippen LogP contribution >= 0.6 is 0 Å². The molecule has 0 fully saturated rings. The third kappa shape index (κ3) is 2.39. The molecule has 0 bridgehead atoms. The van der Waals surface area contributed by atoms with Crippen LogP contribution in [0.3, 0.4) is 0 Å². The Morgan fingerprint density at radius 1 is 1.57 bits per heavy atom. The standard InChI is InChI=1S/C8H10F3NO2/c1-4-5-12-7(2,6(13)14-3)8(9,10)11/h1,12H,5H2,2-3H3. The van der Waals surface area contributed by atoms with Gasteiger partial charge in [0.25, 0.3) is 0 Å². The van der Waals surface area contributed by atoms with Crippen LogP contribution in [-0.4, -0.2) is 31.3 Å². The van der Waals surface area contributed by atoms with Crippen LogP contribution in [0.1, 0.15) is 6.92 Å². The molecule has 0 aliphatic rings. The van der Waals surface area contributed by atoms with Crippen molar-refractivity contribution in [3.05, 3.63) is 0 Å². The highest BCUT2D eigenvalue weighted by Crippen LogP contribution is 2.30. The van der Waals surface area contributed by atoms with Crippen LogP contribution < -0.4 is 5.32 Å².